The van der Waals surface area contributed by atoms with Gasteiger partial charge in [0.1, 0.15) is 5.75 Å². The third kappa shape index (κ3) is 1.57. The first-order valence-electron chi connectivity index (χ1n) is 4.62. The van der Waals surface area contributed by atoms with E-state index >= 15 is 0 Å². The maximum absolute atomic E-state index is 11.6. The van der Waals surface area contributed by atoms with Gasteiger partial charge in [-0.3, -0.25) is 4.79 Å². The summed E-state index contributed by atoms with van der Waals surface area (Å²) in [7, 11) is 1.64. The monoisotopic (exact) mass is 254 g/mol. The van der Waals surface area contributed by atoms with Crippen LogP contribution in [0.4, 0.5) is 0 Å². The molecule has 2 nitrogen and oxygen atoms in total. The van der Waals surface area contributed by atoms with Crippen molar-refractivity contribution in [2.45, 2.75) is 19.3 Å². The van der Waals surface area contributed by atoms with Gasteiger partial charge in [0.15, 0.2) is 5.78 Å². The van der Waals surface area contributed by atoms with Crippen LogP contribution in [-0.2, 0) is 6.42 Å². The first-order valence-corrected chi connectivity index (χ1v) is 5.41. The van der Waals surface area contributed by atoms with Gasteiger partial charge in [0.05, 0.1) is 7.11 Å². The molecule has 1 aliphatic rings. The number of ketones is 1. The minimum atomic E-state index is 0.228. The van der Waals surface area contributed by atoms with Crippen LogP contribution in [0.3, 0.4) is 0 Å². The number of carbonyl (C=O) groups excluding carboxylic acids is 1. The smallest absolute Gasteiger partial charge is 0.163 e. The molecular weight excluding hydrogens is 244 g/mol. The van der Waals surface area contributed by atoms with Crippen LogP contribution >= 0.6 is 15.9 Å². The van der Waals surface area contributed by atoms with Gasteiger partial charge in [-0.1, -0.05) is 15.9 Å². The van der Waals surface area contributed by atoms with Crippen molar-refractivity contribution in [2.24, 2.45) is 0 Å². The number of benzene rings is 1. The van der Waals surface area contributed by atoms with E-state index in [4.69, 9.17) is 4.74 Å². The number of rotatable bonds is 1. The molecule has 2 rings (SSSR count). The van der Waals surface area contributed by atoms with Gasteiger partial charge >= 0.3 is 0 Å². The van der Waals surface area contributed by atoms with Gasteiger partial charge in [0, 0.05) is 22.0 Å². The fourth-order valence-corrected chi connectivity index (χ4v) is 2.30. The number of fused-ring (bicyclic) bond motifs is 1. The van der Waals surface area contributed by atoms with Crippen LogP contribution in [0.5, 0.6) is 5.75 Å². The summed E-state index contributed by atoms with van der Waals surface area (Å²) in [5, 5.41) is 0. The van der Waals surface area contributed by atoms with Gasteiger partial charge in [-0.05, 0) is 25.0 Å². The Kier molecular flexibility index (Phi) is 2.59. The molecule has 1 aromatic carbocycles. The van der Waals surface area contributed by atoms with E-state index in [1.54, 1.807) is 7.11 Å². The van der Waals surface area contributed by atoms with Crippen LogP contribution in [0.2, 0.25) is 0 Å². The highest BCUT2D eigenvalue weighted by Crippen LogP contribution is 2.32. The van der Waals surface area contributed by atoms with Gasteiger partial charge in [-0.25, -0.2) is 0 Å². The van der Waals surface area contributed by atoms with Gasteiger partial charge in [-0.2, -0.15) is 0 Å². The molecule has 0 saturated carbocycles. The van der Waals surface area contributed by atoms with Crippen LogP contribution < -0.4 is 4.74 Å². The SMILES string of the molecule is COc1cc(Br)cc2c1CCCC2=O. The van der Waals surface area contributed by atoms with Crippen molar-refractivity contribution in [3.05, 3.63) is 27.7 Å². The van der Waals surface area contributed by atoms with Crippen LogP contribution in [0, 0.1) is 0 Å². The Labute approximate surface area is 91.4 Å². The molecular formula is C11H11BrO2. The zero-order valence-electron chi connectivity index (χ0n) is 7.97. The summed E-state index contributed by atoms with van der Waals surface area (Å²) in [6.07, 6.45) is 2.54. The van der Waals surface area contributed by atoms with Crippen molar-refractivity contribution in [1.29, 1.82) is 0 Å². The van der Waals surface area contributed by atoms with Gasteiger partial charge in [-0.15, -0.1) is 0 Å². The zero-order chi connectivity index (χ0) is 10.1. The molecule has 0 aliphatic heterocycles. The summed E-state index contributed by atoms with van der Waals surface area (Å²) in [6.45, 7) is 0. The van der Waals surface area contributed by atoms with E-state index < -0.39 is 0 Å². The molecule has 0 spiro atoms. The molecule has 14 heavy (non-hydrogen) atoms. The highest BCUT2D eigenvalue weighted by molar-refractivity contribution is 9.10. The first kappa shape index (κ1) is 9.71. The molecule has 1 aliphatic carbocycles. The maximum atomic E-state index is 11.6. The third-order valence-electron chi connectivity index (χ3n) is 2.52. The van der Waals surface area contributed by atoms with Crippen molar-refractivity contribution in [3.63, 3.8) is 0 Å². The minimum absolute atomic E-state index is 0.228. The summed E-state index contributed by atoms with van der Waals surface area (Å²) in [6, 6.07) is 3.80. The van der Waals surface area contributed by atoms with Crippen LogP contribution in [-0.4, -0.2) is 12.9 Å². The van der Waals surface area contributed by atoms with Crippen molar-refractivity contribution >= 4 is 21.7 Å². The Morgan fingerprint density at radius 2 is 2.14 bits per heavy atom. The Bertz CT molecular complexity index is 385. The highest BCUT2D eigenvalue weighted by atomic mass is 79.9. The summed E-state index contributed by atoms with van der Waals surface area (Å²) in [5.41, 5.74) is 1.88. The van der Waals surface area contributed by atoms with Gasteiger partial charge in [0.2, 0.25) is 0 Å². The molecule has 0 N–H and O–H groups in total. The van der Waals surface area contributed by atoms with Crippen molar-refractivity contribution < 1.29 is 9.53 Å². The van der Waals surface area contributed by atoms with Crippen LogP contribution in [0.15, 0.2) is 16.6 Å². The second-order valence-electron chi connectivity index (χ2n) is 3.41. The van der Waals surface area contributed by atoms with Crippen molar-refractivity contribution in [2.75, 3.05) is 7.11 Å². The van der Waals surface area contributed by atoms with E-state index in [1.807, 2.05) is 12.1 Å². The first-order chi connectivity index (χ1) is 6.72. The highest BCUT2D eigenvalue weighted by Gasteiger charge is 2.20. The van der Waals surface area contributed by atoms with E-state index in [-0.39, 0.29) is 5.78 Å². The second kappa shape index (κ2) is 3.73. The molecule has 74 valence electrons. The van der Waals surface area contributed by atoms with Gasteiger partial charge < -0.3 is 4.74 Å². The fourth-order valence-electron chi connectivity index (χ4n) is 1.86. The Hall–Kier alpha value is -0.830. The van der Waals surface area contributed by atoms with E-state index in [0.717, 1.165) is 34.2 Å². The summed E-state index contributed by atoms with van der Waals surface area (Å²) in [5.74, 6) is 1.05. The zero-order valence-corrected chi connectivity index (χ0v) is 9.56. The van der Waals surface area contributed by atoms with Gasteiger partial charge in [0.25, 0.3) is 0 Å². The third-order valence-corrected chi connectivity index (χ3v) is 2.98. The molecule has 0 heterocycles. The lowest BCUT2D eigenvalue weighted by Crippen LogP contribution is -2.11. The Morgan fingerprint density at radius 3 is 2.86 bits per heavy atom. The summed E-state index contributed by atoms with van der Waals surface area (Å²) < 4.78 is 6.17. The molecule has 0 atom stereocenters. The van der Waals surface area contributed by atoms with Crippen LogP contribution in [0.1, 0.15) is 28.8 Å². The summed E-state index contributed by atoms with van der Waals surface area (Å²) >= 11 is 3.38. The lowest BCUT2D eigenvalue weighted by Gasteiger charge is -2.17. The summed E-state index contributed by atoms with van der Waals surface area (Å²) in [4.78, 5) is 11.6. The molecule has 0 aromatic heterocycles. The largest absolute Gasteiger partial charge is 0.496 e. The molecule has 0 radical (unpaired) electrons. The number of hydrogen-bond acceptors (Lipinski definition) is 2. The molecule has 0 saturated heterocycles. The standard InChI is InChI=1S/C11H11BrO2/c1-14-11-6-7(12)5-9-8(11)3-2-4-10(9)13/h5-6H,2-4H2,1H3. The molecule has 0 unspecified atom stereocenters. The number of hydrogen-bond donors (Lipinski definition) is 0. The minimum Gasteiger partial charge on any atom is -0.496 e. The Balaban J connectivity index is 2.60. The van der Waals surface area contributed by atoms with E-state index in [1.165, 1.54) is 0 Å². The average molecular weight is 255 g/mol. The molecule has 3 heteroatoms. The maximum Gasteiger partial charge on any atom is 0.163 e. The van der Waals surface area contributed by atoms with E-state index in [9.17, 15) is 4.79 Å². The normalized spacial score (nSPS) is 15.1. The van der Waals surface area contributed by atoms with Crippen molar-refractivity contribution in [1.82, 2.24) is 0 Å². The lowest BCUT2D eigenvalue weighted by atomic mass is 9.90. The quantitative estimate of drug-likeness (QED) is 0.771. The Morgan fingerprint density at radius 1 is 1.36 bits per heavy atom. The number of halogens is 1. The number of ether oxygens (including phenoxy) is 1. The average Bonchev–Trinajstić information content (AvgIpc) is 2.18. The molecule has 0 bridgehead atoms. The number of carbonyl (C=O) groups is 1. The number of Topliss-reactive ketones (excluding diaryl/α,β-unsaturated/α-hetero) is 1. The topological polar surface area (TPSA) is 26.3 Å². The van der Waals surface area contributed by atoms with Crippen LogP contribution in [0.25, 0.3) is 0 Å². The lowest BCUT2D eigenvalue weighted by molar-refractivity contribution is 0.0971. The van der Waals surface area contributed by atoms with E-state index in [0.29, 0.717) is 6.42 Å². The predicted molar refractivity (Wildman–Crippen MR) is 58.0 cm³/mol. The van der Waals surface area contributed by atoms with Crippen molar-refractivity contribution in [3.8, 4) is 5.75 Å². The molecule has 1 aromatic rings. The fraction of sp³-hybridized carbons (Fsp3) is 0.364. The number of methoxy groups -OCH3 is 1. The second-order valence-corrected chi connectivity index (χ2v) is 4.33. The van der Waals surface area contributed by atoms with E-state index in [2.05, 4.69) is 15.9 Å². The predicted octanol–water partition coefficient (Wildman–Crippen LogP) is 2.98. The molecule has 0 fully saturated rings. The molecule has 0 amide bonds.